The molecule has 0 spiro atoms. The molecule has 36 heavy (non-hydrogen) atoms. The van der Waals surface area contributed by atoms with E-state index in [4.69, 9.17) is 5.10 Å². The van der Waals surface area contributed by atoms with Gasteiger partial charge in [0, 0.05) is 48.4 Å². The number of piperidine rings is 1. The van der Waals surface area contributed by atoms with E-state index in [0.29, 0.717) is 23.5 Å². The first kappa shape index (κ1) is 22.7. The number of Topliss-reactive ketones (excluding diaryl/α,β-unsaturated/α-hetero) is 1. The van der Waals surface area contributed by atoms with Crippen LogP contribution in [0.1, 0.15) is 46.9 Å². The second kappa shape index (κ2) is 8.70. The number of pyridine rings is 1. The largest absolute Gasteiger partial charge is 0.293 e. The smallest absolute Gasteiger partial charge is 0.194 e. The highest BCUT2D eigenvalue weighted by molar-refractivity contribution is 5.98. The fraction of sp³-hybridized carbons (Fsp3) is 0.308. The average Bonchev–Trinajstić information content (AvgIpc) is 3.51. The summed E-state index contributed by atoms with van der Waals surface area (Å²) in [5, 5.41) is 8.89. The van der Waals surface area contributed by atoms with Gasteiger partial charge in [-0.25, -0.2) is 22.8 Å². The first-order chi connectivity index (χ1) is 17.4. The Balaban J connectivity index is 1.32. The molecule has 4 aromatic rings. The number of fused-ring (bicyclic) bond motifs is 4. The van der Waals surface area contributed by atoms with Crippen LogP contribution >= 0.6 is 0 Å². The summed E-state index contributed by atoms with van der Waals surface area (Å²) in [4.78, 5) is 19.8. The molecule has 3 aromatic heterocycles. The Morgan fingerprint density at radius 1 is 1.11 bits per heavy atom. The van der Waals surface area contributed by atoms with Crippen LogP contribution in [0.2, 0.25) is 0 Å². The Hall–Kier alpha value is -3.79. The molecule has 1 fully saturated rings. The van der Waals surface area contributed by atoms with E-state index in [1.165, 1.54) is 0 Å². The van der Waals surface area contributed by atoms with Crippen LogP contribution in [0.3, 0.4) is 0 Å². The fourth-order valence-corrected chi connectivity index (χ4v) is 5.61. The highest BCUT2D eigenvalue weighted by Gasteiger charge is 2.41. The maximum Gasteiger partial charge on any atom is 0.194 e. The number of benzene rings is 1. The lowest BCUT2D eigenvalue weighted by molar-refractivity contribution is 0.0562. The van der Waals surface area contributed by atoms with Crippen LogP contribution in [-0.2, 0) is 13.5 Å². The van der Waals surface area contributed by atoms with Crippen molar-refractivity contribution in [3.05, 3.63) is 83.2 Å². The van der Waals surface area contributed by atoms with Crippen molar-refractivity contribution in [2.75, 3.05) is 6.54 Å². The van der Waals surface area contributed by atoms with Gasteiger partial charge in [-0.3, -0.25) is 14.4 Å². The highest BCUT2D eigenvalue weighted by atomic mass is 19.2. The van der Waals surface area contributed by atoms with Gasteiger partial charge in [-0.1, -0.05) is 0 Å². The van der Waals surface area contributed by atoms with E-state index in [9.17, 15) is 18.0 Å². The predicted octanol–water partition coefficient (Wildman–Crippen LogP) is 4.42. The Labute approximate surface area is 205 Å². The molecule has 2 aliphatic heterocycles. The summed E-state index contributed by atoms with van der Waals surface area (Å²) in [7, 11) is 1.72. The molecular formula is C26H23F3N6O. The molecule has 10 heteroatoms. The molecule has 0 amide bonds. The molecule has 6 rings (SSSR count). The lowest BCUT2D eigenvalue weighted by Gasteiger charge is -2.45. The Morgan fingerprint density at radius 2 is 1.92 bits per heavy atom. The molecule has 0 radical (unpaired) electrons. The number of hydrogen-bond acceptors (Lipinski definition) is 5. The molecule has 0 aliphatic carbocycles. The maximum atomic E-state index is 14.0. The molecular weight excluding hydrogens is 469 g/mol. The van der Waals surface area contributed by atoms with E-state index in [0.717, 1.165) is 42.7 Å². The van der Waals surface area contributed by atoms with Gasteiger partial charge in [0.15, 0.2) is 29.1 Å². The summed E-state index contributed by atoms with van der Waals surface area (Å²) in [6.07, 6.45) is 8.35. The quantitative estimate of drug-likeness (QED) is 0.305. The van der Waals surface area contributed by atoms with Crippen LogP contribution in [0.4, 0.5) is 13.2 Å². The van der Waals surface area contributed by atoms with Crippen molar-refractivity contribution in [2.24, 2.45) is 7.05 Å². The second-order valence-electron chi connectivity index (χ2n) is 9.34. The van der Waals surface area contributed by atoms with Crippen molar-refractivity contribution < 1.29 is 18.0 Å². The third-order valence-corrected chi connectivity index (χ3v) is 7.21. The molecule has 1 aromatic carbocycles. The number of rotatable bonds is 5. The zero-order valence-corrected chi connectivity index (χ0v) is 19.5. The van der Waals surface area contributed by atoms with Crippen molar-refractivity contribution in [1.82, 2.24) is 29.4 Å². The van der Waals surface area contributed by atoms with E-state index in [1.807, 2.05) is 0 Å². The van der Waals surface area contributed by atoms with Crippen molar-refractivity contribution in [2.45, 2.75) is 37.8 Å². The van der Waals surface area contributed by atoms with Crippen LogP contribution in [0.25, 0.3) is 17.1 Å². The topological polar surface area (TPSA) is 68.8 Å². The summed E-state index contributed by atoms with van der Waals surface area (Å²) in [6, 6.07) is 7.26. The number of ketones is 1. The minimum absolute atomic E-state index is 0.0232. The summed E-state index contributed by atoms with van der Waals surface area (Å²) in [5.41, 5.74) is 3.12. The number of nitrogens with zero attached hydrogens (tertiary/aromatic N) is 6. The van der Waals surface area contributed by atoms with Gasteiger partial charge in [-0.15, -0.1) is 0 Å². The predicted molar refractivity (Wildman–Crippen MR) is 125 cm³/mol. The summed E-state index contributed by atoms with van der Waals surface area (Å²) >= 11 is 0. The van der Waals surface area contributed by atoms with Gasteiger partial charge in [0.25, 0.3) is 0 Å². The lowest BCUT2D eigenvalue weighted by atomic mass is 9.81. The van der Waals surface area contributed by atoms with Crippen LogP contribution in [0.5, 0.6) is 0 Å². The van der Waals surface area contributed by atoms with Crippen LogP contribution < -0.4 is 0 Å². The van der Waals surface area contributed by atoms with Gasteiger partial charge in [-0.2, -0.15) is 10.2 Å². The van der Waals surface area contributed by atoms with Gasteiger partial charge >= 0.3 is 0 Å². The molecule has 2 unspecified atom stereocenters. The molecule has 0 N–H and O–H groups in total. The first-order valence-corrected chi connectivity index (χ1v) is 11.9. The Morgan fingerprint density at radius 3 is 2.67 bits per heavy atom. The zero-order chi connectivity index (χ0) is 25.0. The third kappa shape index (κ3) is 3.72. The van der Waals surface area contributed by atoms with E-state index in [-0.39, 0.29) is 30.0 Å². The third-order valence-electron chi connectivity index (χ3n) is 7.21. The van der Waals surface area contributed by atoms with Crippen molar-refractivity contribution >= 4 is 5.78 Å². The normalized spacial score (nSPS) is 19.3. The monoisotopic (exact) mass is 492 g/mol. The molecule has 184 valence electrons. The molecule has 0 saturated carbocycles. The Bertz CT molecular complexity index is 1440. The van der Waals surface area contributed by atoms with Gasteiger partial charge in [-0.05, 0) is 56.0 Å². The second-order valence-corrected chi connectivity index (χ2v) is 9.34. The number of aromatic nitrogens is 5. The standard InChI is InChI=1S/C26H23F3N6O/c1-33-26(16-10-19(27)24(29)20(28)11-16)18-13-17-4-2-5-21(25(18)32-33)34(17)14-22(36)15-6-8-30-23(12-15)35-9-3-7-31-35/h3,6-12,17,21H,2,4-5,13-14H2,1H3. The SMILES string of the molecule is Cn1nc2c(c1-c1cc(F)c(F)c(F)c1)CC1CCCC2N1CC(=O)c1ccnc(-n2cccn2)c1. The molecule has 5 heterocycles. The number of carbonyl (C=O) groups excluding carboxylic acids is 1. The van der Waals surface area contributed by atoms with Crippen molar-refractivity contribution in [1.29, 1.82) is 0 Å². The van der Waals surface area contributed by atoms with Gasteiger partial charge in [0.05, 0.1) is 24.0 Å². The average molecular weight is 493 g/mol. The molecule has 7 nitrogen and oxygen atoms in total. The van der Waals surface area contributed by atoms with Crippen LogP contribution in [0, 0.1) is 17.5 Å². The summed E-state index contributed by atoms with van der Waals surface area (Å²) < 4.78 is 44.8. The number of hydrogen-bond donors (Lipinski definition) is 0. The molecule has 2 bridgehead atoms. The van der Waals surface area contributed by atoms with Crippen LogP contribution in [-0.4, -0.2) is 47.8 Å². The highest BCUT2D eigenvalue weighted by Crippen LogP contribution is 2.44. The van der Waals surface area contributed by atoms with Crippen LogP contribution in [0.15, 0.2) is 48.9 Å². The minimum atomic E-state index is -1.48. The molecule has 2 aliphatic rings. The van der Waals surface area contributed by atoms with Crippen molar-refractivity contribution in [3.63, 3.8) is 0 Å². The van der Waals surface area contributed by atoms with Crippen molar-refractivity contribution in [3.8, 4) is 17.1 Å². The first-order valence-electron chi connectivity index (χ1n) is 11.9. The lowest BCUT2D eigenvalue weighted by Crippen LogP contribution is -2.48. The maximum absolute atomic E-state index is 14.0. The van der Waals surface area contributed by atoms with Gasteiger partial charge < -0.3 is 0 Å². The number of halogens is 3. The van der Waals surface area contributed by atoms with E-state index in [2.05, 4.69) is 15.0 Å². The summed E-state index contributed by atoms with van der Waals surface area (Å²) in [5.74, 6) is -3.39. The Kier molecular flexibility index (Phi) is 5.48. The molecule has 1 saturated heterocycles. The minimum Gasteiger partial charge on any atom is -0.293 e. The van der Waals surface area contributed by atoms with E-state index >= 15 is 0 Å². The van der Waals surface area contributed by atoms with Gasteiger partial charge in [0.1, 0.15) is 0 Å². The zero-order valence-electron chi connectivity index (χ0n) is 19.5. The summed E-state index contributed by atoms with van der Waals surface area (Å²) in [6.45, 7) is 0.225. The number of aryl methyl sites for hydroxylation is 1. The fourth-order valence-electron chi connectivity index (χ4n) is 5.61. The van der Waals surface area contributed by atoms with E-state index in [1.54, 1.807) is 53.2 Å². The number of carbonyl (C=O) groups is 1. The van der Waals surface area contributed by atoms with E-state index < -0.39 is 17.5 Å². The van der Waals surface area contributed by atoms with Gasteiger partial charge in [0.2, 0.25) is 0 Å². The molecule has 2 atom stereocenters.